The predicted molar refractivity (Wildman–Crippen MR) is 86.4 cm³/mol. The smallest absolute Gasteiger partial charge is 0.294 e. The van der Waals surface area contributed by atoms with Gasteiger partial charge >= 0.3 is 0 Å². The Morgan fingerprint density at radius 1 is 1.32 bits per heavy atom. The van der Waals surface area contributed by atoms with Gasteiger partial charge in [-0.1, -0.05) is 21.1 Å². The summed E-state index contributed by atoms with van der Waals surface area (Å²) in [5.41, 5.74) is 2.37. The summed E-state index contributed by atoms with van der Waals surface area (Å²) in [7, 11) is 0. The van der Waals surface area contributed by atoms with E-state index in [1.165, 1.54) is 0 Å². The van der Waals surface area contributed by atoms with Crippen LogP contribution in [0, 0.1) is 6.92 Å². The number of aryl methyl sites for hydroxylation is 1. The highest BCUT2D eigenvalue weighted by Gasteiger charge is 2.18. The molecule has 0 aliphatic carbocycles. The summed E-state index contributed by atoms with van der Waals surface area (Å²) in [6.45, 7) is 4.74. The van der Waals surface area contributed by atoms with E-state index < -0.39 is 0 Å². The Bertz CT molecular complexity index is 680. The molecule has 0 saturated carbocycles. The minimum Gasteiger partial charge on any atom is -0.378 e. The number of nitrogens with one attached hydrogen (secondary N) is 1. The molecule has 1 saturated heterocycles. The molecule has 1 aromatic heterocycles. The Hall–Kier alpha value is -1.86. The standard InChI is InChI=1S/C15H16BrN3O3/c1-10-8-14(22-18-10)15(20)17-12-9-11(16)2-3-13(12)19-4-6-21-7-5-19/h2-3,8-9H,4-7H2,1H3,(H,17,20). The first-order chi connectivity index (χ1) is 10.6. The lowest BCUT2D eigenvalue weighted by Gasteiger charge is -2.30. The Morgan fingerprint density at radius 2 is 2.09 bits per heavy atom. The summed E-state index contributed by atoms with van der Waals surface area (Å²) in [4.78, 5) is 14.5. The lowest BCUT2D eigenvalue weighted by molar-refractivity contribution is 0.0988. The normalized spacial score (nSPS) is 14.9. The third-order valence-corrected chi connectivity index (χ3v) is 3.90. The van der Waals surface area contributed by atoms with Crippen molar-refractivity contribution in [3.63, 3.8) is 0 Å². The molecule has 1 aliphatic heterocycles. The van der Waals surface area contributed by atoms with Crippen LogP contribution in [-0.4, -0.2) is 37.4 Å². The first-order valence-electron chi connectivity index (χ1n) is 7.00. The van der Waals surface area contributed by atoms with Gasteiger partial charge in [0.1, 0.15) is 0 Å². The Balaban J connectivity index is 1.85. The van der Waals surface area contributed by atoms with Crippen LogP contribution >= 0.6 is 15.9 Å². The van der Waals surface area contributed by atoms with E-state index in [1.807, 2.05) is 18.2 Å². The number of ether oxygens (including phenoxy) is 1. The average molecular weight is 366 g/mol. The first-order valence-corrected chi connectivity index (χ1v) is 7.80. The number of morpholine rings is 1. The van der Waals surface area contributed by atoms with Gasteiger partial charge in [0, 0.05) is 23.6 Å². The molecular formula is C15H16BrN3O3. The van der Waals surface area contributed by atoms with Crippen molar-refractivity contribution in [2.45, 2.75) is 6.92 Å². The molecule has 0 spiro atoms. The topological polar surface area (TPSA) is 67.6 Å². The van der Waals surface area contributed by atoms with Crippen LogP contribution in [0.15, 0.2) is 33.3 Å². The Kier molecular flexibility index (Phi) is 4.44. The number of carbonyl (C=O) groups is 1. The SMILES string of the molecule is Cc1cc(C(=O)Nc2cc(Br)ccc2N2CCOCC2)on1. The largest absolute Gasteiger partial charge is 0.378 e. The molecule has 2 aromatic rings. The maximum atomic E-state index is 12.3. The first kappa shape index (κ1) is 15.1. The van der Waals surface area contributed by atoms with Gasteiger partial charge in [0.2, 0.25) is 5.76 Å². The molecule has 1 fully saturated rings. The highest BCUT2D eigenvalue weighted by Crippen LogP contribution is 2.30. The zero-order valence-electron chi connectivity index (χ0n) is 12.1. The second-order valence-corrected chi connectivity index (χ2v) is 5.96. The maximum Gasteiger partial charge on any atom is 0.294 e. The number of hydrogen-bond donors (Lipinski definition) is 1. The molecule has 0 bridgehead atoms. The fraction of sp³-hybridized carbons (Fsp3) is 0.333. The molecule has 22 heavy (non-hydrogen) atoms. The zero-order chi connectivity index (χ0) is 15.5. The van der Waals surface area contributed by atoms with Crippen LogP contribution in [-0.2, 0) is 4.74 Å². The van der Waals surface area contributed by atoms with Crippen LogP contribution in [0.5, 0.6) is 0 Å². The van der Waals surface area contributed by atoms with Crippen molar-refractivity contribution in [2.24, 2.45) is 0 Å². The highest BCUT2D eigenvalue weighted by atomic mass is 79.9. The quantitative estimate of drug-likeness (QED) is 0.905. The summed E-state index contributed by atoms with van der Waals surface area (Å²) in [6.07, 6.45) is 0. The lowest BCUT2D eigenvalue weighted by Crippen LogP contribution is -2.36. The number of benzene rings is 1. The van der Waals surface area contributed by atoms with Crippen molar-refractivity contribution < 1.29 is 14.1 Å². The van der Waals surface area contributed by atoms with Gasteiger partial charge in [0.15, 0.2) is 0 Å². The summed E-state index contributed by atoms with van der Waals surface area (Å²) in [5.74, 6) is -0.112. The van der Waals surface area contributed by atoms with Crippen LogP contribution in [0.1, 0.15) is 16.2 Å². The van der Waals surface area contributed by atoms with Crippen molar-refractivity contribution in [3.8, 4) is 0 Å². The van der Waals surface area contributed by atoms with E-state index in [9.17, 15) is 4.79 Å². The molecule has 1 N–H and O–H groups in total. The fourth-order valence-corrected chi connectivity index (χ4v) is 2.70. The Morgan fingerprint density at radius 3 is 2.77 bits per heavy atom. The van der Waals surface area contributed by atoms with E-state index in [0.29, 0.717) is 18.9 Å². The highest BCUT2D eigenvalue weighted by molar-refractivity contribution is 9.10. The average Bonchev–Trinajstić information content (AvgIpc) is 2.95. The molecule has 3 rings (SSSR count). The van der Waals surface area contributed by atoms with E-state index in [4.69, 9.17) is 9.26 Å². The van der Waals surface area contributed by atoms with E-state index in [-0.39, 0.29) is 11.7 Å². The number of hydrogen-bond acceptors (Lipinski definition) is 5. The van der Waals surface area contributed by atoms with Gasteiger partial charge in [-0.05, 0) is 25.1 Å². The monoisotopic (exact) mass is 365 g/mol. The molecule has 0 unspecified atom stereocenters. The van der Waals surface area contributed by atoms with Crippen LogP contribution in [0.25, 0.3) is 0 Å². The predicted octanol–water partition coefficient (Wildman–Crippen LogP) is 2.83. The molecule has 0 radical (unpaired) electrons. The van der Waals surface area contributed by atoms with Gasteiger partial charge < -0.3 is 19.5 Å². The fourth-order valence-electron chi connectivity index (χ4n) is 2.34. The number of halogens is 1. The molecule has 6 nitrogen and oxygen atoms in total. The van der Waals surface area contributed by atoms with Crippen LogP contribution in [0.4, 0.5) is 11.4 Å². The minimum atomic E-state index is -0.312. The van der Waals surface area contributed by atoms with Crippen molar-refractivity contribution in [1.29, 1.82) is 0 Å². The number of amides is 1. The van der Waals surface area contributed by atoms with Gasteiger partial charge in [-0.25, -0.2) is 0 Å². The third-order valence-electron chi connectivity index (χ3n) is 3.41. The molecule has 1 amide bonds. The molecule has 0 atom stereocenters. The second-order valence-electron chi connectivity index (χ2n) is 5.05. The van der Waals surface area contributed by atoms with Crippen LogP contribution < -0.4 is 10.2 Å². The second kappa shape index (κ2) is 6.50. The van der Waals surface area contributed by atoms with Crippen LogP contribution in [0.3, 0.4) is 0 Å². The van der Waals surface area contributed by atoms with Crippen molar-refractivity contribution >= 4 is 33.2 Å². The van der Waals surface area contributed by atoms with E-state index in [2.05, 4.69) is 31.3 Å². The molecule has 116 valence electrons. The minimum absolute atomic E-state index is 0.199. The van der Waals surface area contributed by atoms with Crippen molar-refractivity contribution in [3.05, 3.63) is 40.2 Å². The van der Waals surface area contributed by atoms with E-state index in [0.717, 1.165) is 28.9 Å². The summed E-state index contributed by atoms with van der Waals surface area (Å²) >= 11 is 3.44. The number of aromatic nitrogens is 1. The van der Waals surface area contributed by atoms with Gasteiger partial charge in [-0.2, -0.15) is 0 Å². The molecule has 7 heteroatoms. The molecule has 1 aromatic carbocycles. The summed E-state index contributed by atoms with van der Waals surface area (Å²) < 4.78 is 11.3. The van der Waals surface area contributed by atoms with Gasteiger partial charge in [-0.15, -0.1) is 0 Å². The number of nitrogens with zero attached hydrogens (tertiary/aromatic N) is 2. The number of rotatable bonds is 3. The maximum absolute atomic E-state index is 12.3. The van der Waals surface area contributed by atoms with Gasteiger partial charge in [-0.3, -0.25) is 4.79 Å². The number of carbonyl (C=O) groups excluding carboxylic acids is 1. The third kappa shape index (κ3) is 3.31. The Labute approximate surface area is 136 Å². The summed E-state index contributed by atoms with van der Waals surface area (Å²) in [5, 5.41) is 6.63. The zero-order valence-corrected chi connectivity index (χ0v) is 13.7. The van der Waals surface area contributed by atoms with Crippen LogP contribution in [0.2, 0.25) is 0 Å². The van der Waals surface area contributed by atoms with Gasteiger partial charge in [0.05, 0.1) is 30.3 Å². The molecular weight excluding hydrogens is 350 g/mol. The summed E-state index contributed by atoms with van der Waals surface area (Å²) in [6, 6.07) is 7.43. The van der Waals surface area contributed by atoms with E-state index >= 15 is 0 Å². The molecule has 1 aliphatic rings. The molecule has 2 heterocycles. The van der Waals surface area contributed by atoms with Crippen molar-refractivity contribution in [1.82, 2.24) is 5.16 Å². The van der Waals surface area contributed by atoms with E-state index in [1.54, 1.807) is 13.0 Å². The number of anilines is 2. The van der Waals surface area contributed by atoms with Gasteiger partial charge in [0.25, 0.3) is 5.91 Å². The lowest BCUT2D eigenvalue weighted by atomic mass is 10.2. The van der Waals surface area contributed by atoms with Crippen molar-refractivity contribution in [2.75, 3.05) is 36.5 Å².